The summed E-state index contributed by atoms with van der Waals surface area (Å²) in [6.45, 7) is 4.24. The van der Waals surface area contributed by atoms with Gasteiger partial charge in [0, 0.05) is 6.61 Å². The van der Waals surface area contributed by atoms with Gasteiger partial charge in [-0.25, -0.2) is 0 Å². The number of hydrogen-bond acceptors (Lipinski definition) is 9. The van der Waals surface area contributed by atoms with Gasteiger partial charge in [-0.15, -0.1) is 3.63 Å². The van der Waals surface area contributed by atoms with Crippen LogP contribution in [0.2, 0.25) is 0 Å². The van der Waals surface area contributed by atoms with Gasteiger partial charge in [-0.1, -0.05) is 78.1 Å². The highest BCUT2D eigenvalue weighted by Crippen LogP contribution is 2.32. The monoisotopic (exact) mass is 674 g/mol. The minimum Gasteiger partial charge on any atom is -0.396 e. The summed E-state index contributed by atoms with van der Waals surface area (Å²) in [6.07, 6.45) is 12.6. The second-order valence-electron chi connectivity index (χ2n) is 7.85. The van der Waals surface area contributed by atoms with Gasteiger partial charge < -0.3 is 5.11 Å². The van der Waals surface area contributed by atoms with Gasteiger partial charge in [0.2, 0.25) is 0 Å². The van der Waals surface area contributed by atoms with Crippen molar-refractivity contribution in [2.45, 2.75) is 107 Å². The zero-order valence-electron chi connectivity index (χ0n) is 21.7. The molecule has 0 radical (unpaired) electrons. The first-order valence-corrected chi connectivity index (χ1v) is 16.1. The Kier molecular flexibility index (Phi) is 21.9. The number of hydrogen-bond donors (Lipinski definition) is 1. The maximum atomic E-state index is 11.8. The molecule has 40 heavy (non-hydrogen) atoms. The number of unbranched alkanes of at least 4 members (excludes halogenated alkanes) is 10. The largest absolute Gasteiger partial charge is 0.524 e. The molecule has 21 heteroatoms. The maximum absolute atomic E-state index is 11.8. The number of rotatable bonds is 16. The van der Waals surface area contributed by atoms with E-state index in [1.807, 2.05) is 3.63 Å². The fourth-order valence-electron chi connectivity index (χ4n) is 2.21. The van der Waals surface area contributed by atoms with Gasteiger partial charge in [0.1, 0.15) is 0 Å². The molecule has 0 spiro atoms. The van der Waals surface area contributed by atoms with Crippen LogP contribution < -0.4 is 0 Å². The van der Waals surface area contributed by atoms with E-state index in [1.54, 1.807) is 0 Å². The van der Waals surface area contributed by atoms with Crippen molar-refractivity contribution in [1.29, 1.82) is 0 Å². The van der Waals surface area contributed by atoms with Gasteiger partial charge in [0.25, 0.3) is 0 Å². The molecular formula is C19H35F9O9S3. The van der Waals surface area contributed by atoms with E-state index in [9.17, 15) is 64.8 Å². The number of aliphatic hydroxyl groups excluding tert-OH is 1. The maximum Gasteiger partial charge on any atom is 0.524 e. The average molecular weight is 675 g/mol. The van der Waals surface area contributed by atoms with Gasteiger partial charge in [0.15, 0.2) is 0 Å². The van der Waals surface area contributed by atoms with Crippen LogP contribution in [0.15, 0.2) is 0 Å². The second kappa shape index (κ2) is 20.1. The quantitative estimate of drug-likeness (QED) is 0.0870. The summed E-state index contributed by atoms with van der Waals surface area (Å²) in [4.78, 5) is 0. The van der Waals surface area contributed by atoms with E-state index in [0.29, 0.717) is 19.4 Å². The topological polar surface area (TPSA) is 141 Å². The van der Waals surface area contributed by atoms with Crippen LogP contribution in [0, 0.1) is 0 Å². The standard InChI is InChI=1S/C9H17F3O3S.C8H18O.C2F6O5S2/c1-2-3-4-5-6-7-8-15-16(13,14)9(10,11)12;1-2-3-4-5-6-7-8-9;3-1(4,5)14(9,10)13-15(11,12)2(6,7)8/h2-8H2,1H3;9H,2-8H2,1H3;. The van der Waals surface area contributed by atoms with Crippen LogP contribution in [0.1, 0.15) is 90.9 Å². The van der Waals surface area contributed by atoms with Crippen molar-refractivity contribution in [3.8, 4) is 0 Å². The first-order chi connectivity index (χ1) is 17.9. The molecule has 0 saturated carbocycles. The lowest BCUT2D eigenvalue weighted by molar-refractivity contribution is -0.0586. The molecule has 0 atom stereocenters. The lowest BCUT2D eigenvalue weighted by atomic mass is 10.1. The Labute approximate surface area is 228 Å². The Morgan fingerprint density at radius 2 is 0.800 bits per heavy atom. The van der Waals surface area contributed by atoms with Gasteiger partial charge in [-0.2, -0.15) is 64.8 Å². The van der Waals surface area contributed by atoms with Crippen LogP contribution in [0.4, 0.5) is 39.5 Å². The Morgan fingerprint density at radius 1 is 0.500 bits per heavy atom. The fraction of sp³-hybridized carbons (Fsp3) is 1.00. The molecule has 0 aromatic rings. The molecule has 0 aliphatic rings. The highest BCUT2D eigenvalue weighted by atomic mass is 32.3. The number of aliphatic hydroxyl groups is 1. The first kappa shape index (κ1) is 43.6. The normalized spacial score (nSPS) is 13.2. The molecule has 0 aromatic heterocycles. The third-order valence-electron chi connectivity index (χ3n) is 4.28. The predicted molar refractivity (Wildman–Crippen MR) is 126 cm³/mol. The summed E-state index contributed by atoms with van der Waals surface area (Å²) >= 11 is 0. The molecule has 246 valence electrons. The van der Waals surface area contributed by atoms with Crippen LogP contribution in [0.25, 0.3) is 0 Å². The highest BCUT2D eigenvalue weighted by molar-refractivity contribution is 8.00. The summed E-state index contributed by atoms with van der Waals surface area (Å²) in [5, 5.41) is 8.42. The van der Waals surface area contributed by atoms with Crippen molar-refractivity contribution < 1.29 is 77.7 Å². The number of halogens is 9. The third kappa shape index (κ3) is 20.9. The summed E-state index contributed by atoms with van der Waals surface area (Å²) in [5.74, 6) is 0. The SMILES string of the molecule is CCCCCCCCO.CCCCCCCCOS(=O)(=O)C(F)(F)F.O=S(=O)(OS(=O)(=O)C(F)(F)F)C(F)(F)F. The van der Waals surface area contributed by atoms with E-state index in [1.165, 1.54) is 32.1 Å². The Bertz CT molecular complexity index is 912. The Morgan fingerprint density at radius 3 is 1.10 bits per heavy atom. The van der Waals surface area contributed by atoms with Crippen LogP contribution in [-0.4, -0.2) is 60.1 Å². The van der Waals surface area contributed by atoms with E-state index in [4.69, 9.17) is 5.11 Å². The minimum absolute atomic E-state index is 0.332. The lowest BCUT2D eigenvalue weighted by Crippen LogP contribution is -2.34. The van der Waals surface area contributed by atoms with Gasteiger partial charge in [0.05, 0.1) is 6.61 Å². The van der Waals surface area contributed by atoms with Crippen molar-refractivity contribution in [1.82, 2.24) is 0 Å². The number of alkyl halides is 9. The van der Waals surface area contributed by atoms with Gasteiger partial charge in [-0.05, 0) is 12.8 Å². The van der Waals surface area contributed by atoms with Gasteiger partial charge >= 0.3 is 46.9 Å². The summed E-state index contributed by atoms with van der Waals surface area (Å²) in [6, 6.07) is 0. The van der Waals surface area contributed by atoms with Crippen LogP contribution in [0.5, 0.6) is 0 Å². The molecular weight excluding hydrogens is 639 g/mol. The fourth-order valence-corrected chi connectivity index (χ4v) is 4.24. The molecule has 0 bridgehead atoms. The zero-order chi connectivity index (χ0) is 32.3. The molecule has 0 rings (SSSR count). The van der Waals surface area contributed by atoms with Crippen LogP contribution in [0.3, 0.4) is 0 Å². The Hall–Kier alpha value is -0.900. The smallest absolute Gasteiger partial charge is 0.396 e. The third-order valence-corrected chi connectivity index (χ3v) is 7.89. The molecule has 1 N–H and O–H groups in total. The van der Waals surface area contributed by atoms with Crippen molar-refractivity contribution in [2.75, 3.05) is 13.2 Å². The van der Waals surface area contributed by atoms with Crippen molar-refractivity contribution in [3.05, 3.63) is 0 Å². The van der Waals surface area contributed by atoms with Crippen LogP contribution in [-0.2, 0) is 38.2 Å². The van der Waals surface area contributed by atoms with E-state index >= 15 is 0 Å². The molecule has 0 fully saturated rings. The molecule has 0 aromatic carbocycles. The summed E-state index contributed by atoms with van der Waals surface area (Å²) in [5.41, 5.74) is -17.8. The van der Waals surface area contributed by atoms with Gasteiger partial charge in [-0.3, -0.25) is 4.18 Å². The van der Waals surface area contributed by atoms with Crippen molar-refractivity contribution in [2.24, 2.45) is 0 Å². The van der Waals surface area contributed by atoms with E-state index in [0.717, 1.165) is 32.1 Å². The van der Waals surface area contributed by atoms with E-state index < -0.39 is 53.5 Å². The highest BCUT2D eigenvalue weighted by Gasteiger charge is 2.57. The first-order valence-electron chi connectivity index (χ1n) is 11.8. The van der Waals surface area contributed by atoms with Crippen molar-refractivity contribution >= 4 is 30.4 Å². The lowest BCUT2D eigenvalue weighted by Gasteiger charge is -2.09. The van der Waals surface area contributed by atoms with E-state index in [2.05, 4.69) is 18.0 Å². The zero-order valence-corrected chi connectivity index (χ0v) is 24.2. The van der Waals surface area contributed by atoms with Crippen LogP contribution >= 0.6 is 0 Å². The summed E-state index contributed by atoms with van der Waals surface area (Å²) < 4.78 is 170. The predicted octanol–water partition coefficient (Wildman–Crippen LogP) is 6.25. The Balaban J connectivity index is -0.000000534. The molecule has 0 saturated heterocycles. The average Bonchev–Trinajstić information content (AvgIpc) is 2.76. The molecule has 9 nitrogen and oxygen atoms in total. The molecule has 0 aliphatic heterocycles. The minimum atomic E-state index is -6.85. The summed E-state index contributed by atoms with van der Waals surface area (Å²) in [7, 11) is -19.1. The van der Waals surface area contributed by atoms with E-state index in [-0.39, 0.29) is 0 Å². The molecule has 0 amide bonds. The molecule has 0 heterocycles. The molecule has 0 unspecified atom stereocenters. The second-order valence-corrected chi connectivity index (χ2v) is 12.7. The van der Waals surface area contributed by atoms with Crippen molar-refractivity contribution in [3.63, 3.8) is 0 Å². The molecule has 0 aliphatic carbocycles.